The predicted octanol–water partition coefficient (Wildman–Crippen LogP) is 3.66. The molecule has 1 aliphatic carbocycles. The fourth-order valence-electron chi connectivity index (χ4n) is 2.06. The smallest absolute Gasteiger partial charge is 0.285 e. The molecular formula is C13H14BrNO2S. The highest BCUT2D eigenvalue weighted by Crippen LogP contribution is 2.39. The van der Waals surface area contributed by atoms with Gasteiger partial charge < -0.3 is 4.90 Å². The molecule has 3 nitrogen and oxygen atoms in total. The Hall–Kier alpha value is -0.810. The van der Waals surface area contributed by atoms with Crippen molar-refractivity contribution in [3.8, 4) is 0 Å². The number of nitrogens with zero attached hydrogens (tertiary/aromatic N) is 1. The molecule has 0 fully saturated rings. The summed E-state index contributed by atoms with van der Waals surface area (Å²) < 4.78 is 0.828. The first kappa shape index (κ1) is 13.6. The number of hydrogen-bond acceptors (Lipinski definition) is 3. The molecule has 0 N–H and O–H groups in total. The number of benzene rings is 1. The van der Waals surface area contributed by atoms with Gasteiger partial charge in [0, 0.05) is 35.4 Å². The van der Waals surface area contributed by atoms with Gasteiger partial charge in [-0.1, -0.05) is 0 Å². The molecule has 0 saturated heterocycles. The molecular weight excluding hydrogens is 314 g/mol. The van der Waals surface area contributed by atoms with Gasteiger partial charge in [0.25, 0.3) is 5.24 Å². The van der Waals surface area contributed by atoms with Gasteiger partial charge in [0.05, 0.1) is 0 Å². The Labute approximate surface area is 119 Å². The Bertz CT molecular complexity index is 540. The van der Waals surface area contributed by atoms with Gasteiger partial charge in [-0.05, 0) is 58.2 Å². The Balaban J connectivity index is 2.51. The van der Waals surface area contributed by atoms with Crippen molar-refractivity contribution in [1.29, 1.82) is 0 Å². The topological polar surface area (TPSA) is 37.4 Å². The summed E-state index contributed by atoms with van der Waals surface area (Å²) in [7, 11) is 3.42. The molecule has 0 heterocycles. The number of carbonyl (C=O) groups is 2. The van der Waals surface area contributed by atoms with Crippen LogP contribution in [0.5, 0.6) is 0 Å². The average Bonchev–Trinajstić information content (AvgIpc) is 2.66. The van der Waals surface area contributed by atoms with Crippen molar-refractivity contribution >= 4 is 38.7 Å². The second kappa shape index (κ2) is 5.05. The maximum Gasteiger partial charge on any atom is 0.285 e. The Kier molecular flexibility index (Phi) is 3.82. The van der Waals surface area contributed by atoms with Gasteiger partial charge in [-0.15, -0.1) is 0 Å². The lowest BCUT2D eigenvalue weighted by Gasteiger charge is -2.14. The predicted molar refractivity (Wildman–Crippen MR) is 76.5 cm³/mol. The van der Waals surface area contributed by atoms with E-state index < -0.39 is 0 Å². The van der Waals surface area contributed by atoms with Crippen LogP contribution in [0.25, 0.3) is 0 Å². The van der Waals surface area contributed by atoms with Gasteiger partial charge in [0.2, 0.25) is 0 Å². The summed E-state index contributed by atoms with van der Waals surface area (Å²) in [5.41, 5.74) is 2.95. The second-order valence-electron chi connectivity index (χ2n) is 4.54. The zero-order chi connectivity index (χ0) is 13.4. The molecule has 5 heteroatoms. The maximum atomic E-state index is 12.0. The summed E-state index contributed by atoms with van der Waals surface area (Å²) >= 11 is 4.58. The van der Waals surface area contributed by atoms with Crippen molar-refractivity contribution in [2.75, 3.05) is 14.1 Å². The molecule has 2 rings (SSSR count). The third kappa shape index (κ3) is 2.34. The minimum Gasteiger partial charge on any atom is -0.339 e. The summed E-state index contributed by atoms with van der Waals surface area (Å²) in [5, 5.41) is -0.0681. The van der Waals surface area contributed by atoms with Crippen LogP contribution >= 0.6 is 27.7 Å². The lowest BCUT2D eigenvalue weighted by molar-refractivity contribution is 0.0992. The molecule has 0 atom stereocenters. The summed E-state index contributed by atoms with van der Waals surface area (Å²) in [6.07, 6.45) is 1.34. The molecule has 1 aromatic rings. The van der Waals surface area contributed by atoms with Crippen molar-refractivity contribution in [2.24, 2.45) is 0 Å². The highest BCUT2D eigenvalue weighted by molar-refractivity contribution is 9.10. The Morgan fingerprint density at radius 1 is 1.39 bits per heavy atom. The minimum absolute atomic E-state index is 0.0681. The molecule has 18 heavy (non-hydrogen) atoms. The largest absolute Gasteiger partial charge is 0.339 e. The molecule has 0 spiro atoms. The van der Waals surface area contributed by atoms with Crippen molar-refractivity contribution in [1.82, 2.24) is 4.90 Å². The van der Waals surface area contributed by atoms with Gasteiger partial charge in [-0.3, -0.25) is 9.59 Å². The summed E-state index contributed by atoms with van der Waals surface area (Å²) in [6, 6.07) is 1.99. The van der Waals surface area contributed by atoms with E-state index in [1.54, 1.807) is 14.1 Å². The first-order valence-electron chi connectivity index (χ1n) is 5.66. The quantitative estimate of drug-likeness (QED) is 0.739. The van der Waals surface area contributed by atoms with Gasteiger partial charge in [-0.2, -0.15) is 0 Å². The standard InChI is InChI=1S/C13H14BrNO2S/c1-7-6-9(14)12(18-13(17)15(2)3)11-8(7)4-5-10(11)16/h6H,4-5H2,1-3H3. The van der Waals surface area contributed by atoms with E-state index in [-0.39, 0.29) is 11.0 Å². The van der Waals surface area contributed by atoms with Crippen LogP contribution in [0.4, 0.5) is 4.79 Å². The monoisotopic (exact) mass is 327 g/mol. The molecule has 0 aromatic heterocycles. The number of halogens is 1. The molecule has 0 radical (unpaired) electrons. The lowest BCUT2D eigenvalue weighted by atomic mass is 10.0. The molecule has 1 amide bonds. The third-order valence-corrected chi connectivity index (χ3v) is 5.06. The molecule has 0 aliphatic heterocycles. The number of ketones is 1. The van der Waals surface area contributed by atoms with Crippen LogP contribution in [-0.2, 0) is 6.42 Å². The lowest BCUT2D eigenvalue weighted by Crippen LogP contribution is -2.16. The fraction of sp³-hybridized carbons (Fsp3) is 0.385. The number of aryl methyl sites for hydroxylation is 1. The zero-order valence-corrected chi connectivity index (χ0v) is 12.9. The van der Waals surface area contributed by atoms with E-state index in [1.807, 2.05) is 13.0 Å². The second-order valence-corrected chi connectivity index (χ2v) is 6.36. The first-order chi connectivity index (χ1) is 8.41. The molecule has 0 saturated carbocycles. The van der Waals surface area contributed by atoms with E-state index in [2.05, 4.69) is 15.9 Å². The third-order valence-electron chi connectivity index (χ3n) is 3.00. The number of amides is 1. The number of thioether (sulfide) groups is 1. The van der Waals surface area contributed by atoms with Crippen LogP contribution < -0.4 is 0 Å². The van der Waals surface area contributed by atoms with Crippen molar-refractivity contribution in [3.05, 3.63) is 27.2 Å². The highest BCUT2D eigenvalue weighted by Gasteiger charge is 2.28. The maximum absolute atomic E-state index is 12.0. The van der Waals surface area contributed by atoms with Crippen LogP contribution in [0.1, 0.15) is 27.9 Å². The number of carbonyl (C=O) groups excluding carboxylic acids is 2. The summed E-state index contributed by atoms with van der Waals surface area (Å²) in [4.78, 5) is 26.1. The summed E-state index contributed by atoms with van der Waals surface area (Å²) in [5.74, 6) is 0.142. The van der Waals surface area contributed by atoms with Gasteiger partial charge in [-0.25, -0.2) is 0 Å². The van der Waals surface area contributed by atoms with E-state index in [0.29, 0.717) is 6.42 Å². The van der Waals surface area contributed by atoms with Gasteiger partial charge >= 0.3 is 0 Å². The number of hydrogen-bond donors (Lipinski definition) is 0. The summed E-state index contributed by atoms with van der Waals surface area (Å²) in [6.45, 7) is 2.00. The molecule has 1 aliphatic rings. The Morgan fingerprint density at radius 2 is 2.06 bits per heavy atom. The Morgan fingerprint density at radius 3 is 2.67 bits per heavy atom. The fourth-order valence-corrected chi connectivity index (χ4v) is 3.69. The average molecular weight is 328 g/mol. The zero-order valence-electron chi connectivity index (χ0n) is 10.5. The van der Waals surface area contributed by atoms with Crippen molar-refractivity contribution in [2.45, 2.75) is 24.7 Å². The first-order valence-corrected chi connectivity index (χ1v) is 7.27. The van der Waals surface area contributed by atoms with Crippen LogP contribution in [-0.4, -0.2) is 30.0 Å². The van der Waals surface area contributed by atoms with E-state index in [1.165, 1.54) is 4.90 Å². The number of Topliss-reactive ketones (excluding diaryl/α,β-unsaturated/α-hetero) is 1. The number of rotatable bonds is 1. The SMILES string of the molecule is Cc1cc(Br)c(SC(=O)N(C)C)c2c1CCC2=O. The van der Waals surface area contributed by atoms with Crippen LogP contribution in [0, 0.1) is 6.92 Å². The van der Waals surface area contributed by atoms with E-state index in [9.17, 15) is 9.59 Å². The van der Waals surface area contributed by atoms with Crippen molar-refractivity contribution < 1.29 is 9.59 Å². The van der Waals surface area contributed by atoms with E-state index in [4.69, 9.17) is 0 Å². The molecule has 96 valence electrons. The molecule has 1 aromatic carbocycles. The van der Waals surface area contributed by atoms with Gasteiger partial charge in [0.1, 0.15) is 0 Å². The van der Waals surface area contributed by atoms with E-state index in [0.717, 1.165) is 44.2 Å². The molecule has 0 unspecified atom stereocenters. The minimum atomic E-state index is -0.0681. The number of fused-ring (bicyclic) bond motifs is 1. The van der Waals surface area contributed by atoms with Crippen molar-refractivity contribution in [3.63, 3.8) is 0 Å². The van der Waals surface area contributed by atoms with Crippen LogP contribution in [0.3, 0.4) is 0 Å². The van der Waals surface area contributed by atoms with Crippen LogP contribution in [0.15, 0.2) is 15.4 Å². The van der Waals surface area contributed by atoms with E-state index >= 15 is 0 Å². The highest BCUT2D eigenvalue weighted by atomic mass is 79.9. The molecule has 0 bridgehead atoms. The van der Waals surface area contributed by atoms with Gasteiger partial charge in [0.15, 0.2) is 5.78 Å². The van der Waals surface area contributed by atoms with Crippen LogP contribution in [0.2, 0.25) is 0 Å². The normalized spacial score (nSPS) is 13.7.